The van der Waals surface area contributed by atoms with E-state index in [-0.39, 0.29) is 0 Å². The minimum Gasteiger partial charge on any atom is -0.357 e. The number of fused-ring (bicyclic) bond motifs is 1. The molecule has 7 heteroatoms. The Morgan fingerprint density at radius 3 is 2.81 bits per heavy atom. The van der Waals surface area contributed by atoms with Crippen LogP contribution in [0.4, 0.5) is 0 Å². The van der Waals surface area contributed by atoms with E-state index in [9.17, 15) is 0 Å². The number of hydrogen-bond donors (Lipinski definition) is 2. The molecule has 0 aromatic carbocycles. The van der Waals surface area contributed by atoms with Crippen molar-refractivity contribution in [1.82, 2.24) is 30.1 Å². The summed E-state index contributed by atoms with van der Waals surface area (Å²) in [5.74, 6) is 1.96. The molecule has 0 radical (unpaired) electrons. The Balaban J connectivity index is 1.25. The summed E-state index contributed by atoms with van der Waals surface area (Å²) < 4.78 is 2.06. The highest BCUT2D eigenvalue weighted by atomic mass is 15.2. The lowest BCUT2D eigenvalue weighted by atomic mass is 10.1. The highest BCUT2D eigenvalue weighted by molar-refractivity contribution is 5.80. The molecule has 2 fully saturated rings. The number of aryl methyl sites for hydroxylation is 1. The molecule has 7 nitrogen and oxygen atoms in total. The summed E-state index contributed by atoms with van der Waals surface area (Å²) in [5, 5.41) is 15.5. The number of piperidine rings is 1. The van der Waals surface area contributed by atoms with Gasteiger partial charge in [0.25, 0.3) is 0 Å². The van der Waals surface area contributed by atoms with E-state index in [1.165, 1.54) is 38.8 Å². The van der Waals surface area contributed by atoms with Crippen molar-refractivity contribution in [2.24, 2.45) is 4.99 Å². The highest BCUT2D eigenvalue weighted by Gasteiger charge is 2.31. The van der Waals surface area contributed by atoms with E-state index >= 15 is 0 Å². The Hall–Kier alpha value is -2.15. The Morgan fingerprint density at radius 1 is 1.19 bits per heavy atom. The number of aromatic nitrogens is 3. The van der Waals surface area contributed by atoms with Crippen molar-refractivity contribution in [3.05, 3.63) is 30.2 Å². The van der Waals surface area contributed by atoms with Crippen LogP contribution in [0.25, 0.3) is 5.65 Å². The van der Waals surface area contributed by atoms with E-state index in [1.54, 1.807) is 0 Å². The van der Waals surface area contributed by atoms with Gasteiger partial charge in [0.05, 0.1) is 0 Å². The summed E-state index contributed by atoms with van der Waals surface area (Å²) in [4.78, 5) is 7.43. The lowest BCUT2D eigenvalue weighted by molar-refractivity contribution is 0.197. The predicted octanol–water partition coefficient (Wildman–Crippen LogP) is 1.84. The molecule has 1 saturated carbocycles. The third-order valence-corrected chi connectivity index (χ3v) is 5.49. The number of rotatable bonds is 7. The number of hydrogen-bond acceptors (Lipinski definition) is 4. The Morgan fingerprint density at radius 2 is 2.04 bits per heavy atom. The van der Waals surface area contributed by atoms with Crippen molar-refractivity contribution in [3.8, 4) is 0 Å². The van der Waals surface area contributed by atoms with Crippen molar-refractivity contribution >= 4 is 11.6 Å². The van der Waals surface area contributed by atoms with Crippen LogP contribution in [-0.4, -0.2) is 63.7 Å². The quantitative estimate of drug-likeness (QED) is 0.443. The van der Waals surface area contributed by atoms with Gasteiger partial charge >= 0.3 is 0 Å². The average molecular weight is 370 g/mol. The predicted molar refractivity (Wildman–Crippen MR) is 108 cm³/mol. The summed E-state index contributed by atoms with van der Waals surface area (Å²) >= 11 is 0. The van der Waals surface area contributed by atoms with E-state index in [0.29, 0.717) is 6.04 Å². The lowest BCUT2D eigenvalue weighted by Gasteiger charge is -2.33. The van der Waals surface area contributed by atoms with Crippen LogP contribution < -0.4 is 10.6 Å². The maximum Gasteiger partial charge on any atom is 0.191 e. The second-order valence-corrected chi connectivity index (χ2v) is 7.60. The number of guanidine groups is 1. The molecule has 0 amide bonds. The molecule has 0 bridgehead atoms. The van der Waals surface area contributed by atoms with E-state index in [4.69, 9.17) is 4.99 Å². The van der Waals surface area contributed by atoms with Crippen LogP contribution >= 0.6 is 0 Å². The first kappa shape index (κ1) is 18.2. The van der Waals surface area contributed by atoms with Crippen molar-refractivity contribution in [1.29, 1.82) is 0 Å². The van der Waals surface area contributed by atoms with Crippen LogP contribution in [0.1, 0.15) is 44.9 Å². The van der Waals surface area contributed by atoms with Gasteiger partial charge in [-0.1, -0.05) is 6.07 Å². The standard InChI is InChI=1S/C20H31N7/c1-2-21-20(23-16-10-14-26(15-11-16)17-8-9-17)22-12-5-7-19-25-24-18-6-3-4-13-27(18)19/h3-4,6,13,16-17H,2,5,7-12,14-15H2,1H3,(H2,21,22,23). The topological polar surface area (TPSA) is 69.8 Å². The fourth-order valence-electron chi connectivity index (χ4n) is 3.85. The minimum absolute atomic E-state index is 0.540. The summed E-state index contributed by atoms with van der Waals surface area (Å²) in [6.07, 6.45) is 9.11. The van der Waals surface area contributed by atoms with Gasteiger partial charge in [-0.2, -0.15) is 0 Å². The molecule has 2 N–H and O–H groups in total. The van der Waals surface area contributed by atoms with Gasteiger partial charge in [0.2, 0.25) is 0 Å². The van der Waals surface area contributed by atoms with Gasteiger partial charge in [-0.3, -0.25) is 9.39 Å². The van der Waals surface area contributed by atoms with Gasteiger partial charge in [-0.25, -0.2) is 0 Å². The molecule has 0 unspecified atom stereocenters. The van der Waals surface area contributed by atoms with Gasteiger partial charge in [0, 0.05) is 50.9 Å². The van der Waals surface area contributed by atoms with E-state index in [1.807, 2.05) is 24.4 Å². The summed E-state index contributed by atoms with van der Waals surface area (Å²) in [5.41, 5.74) is 0.906. The third-order valence-electron chi connectivity index (χ3n) is 5.49. The lowest BCUT2D eigenvalue weighted by Crippen LogP contribution is -2.49. The summed E-state index contributed by atoms with van der Waals surface area (Å²) in [7, 11) is 0. The fourth-order valence-corrected chi connectivity index (χ4v) is 3.85. The maximum atomic E-state index is 4.78. The highest BCUT2D eigenvalue weighted by Crippen LogP contribution is 2.29. The fraction of sp³-hybridized carbons (Fsp3) is 0.650. The smallest absolute Gasteiger partial charge is 0.191 e. The van der Waals surface area contributed by atoms with Crippen molar-refractivity contribution in [3.63, 3.8) is 0 Å². The van der Waals surface area contributed by atoms with Crippen molar-refractivity contribution < 1.29 is 0 Å². The number of nitrogens with zero attached hydrogens (tertiary/aromatic N) is 5. The summed E-state index contributed by atoms with van der Waals surface area (Å²) in [6.45, 7) is 6.25. The van der Waals surface area contributed by atoms with E-state index in [0.717, 1.165) is 49.4 Å². The molecule has 1 aliphatic carbocycles. The Bertz CT molecular complexity index is 757. The van der Waals surface area contributed by atoms with Crippen LogP contribution in [0, 0.1) is 0 Å². The van der Waals surface area contributed by atoms with Crippen LogP contribution in [0.3, 0.4) is 0 Å². The zero-order valence-electron chi connectivity index (χ0n) is 16.3. The molecule has 146 valence electrons. The molecule has 2 aromatic rings. The van der Waals surface area contributed by atoms with Crippen LogP contribution in [0.5, 0.6) is 0 Å². The van der Waals surface area contributed by atoms with Crippen LogP contribution in [0.2, 0.25) is 0 Å². The summed E-state index contributed by atoms with van der Waals surface area (Å²) in [6, 6.07) is 7.41. The molecule has 0 atom stereocenters. The zero-order valence-corrected chi connectivity index (χ0v) is 16.3. The monoisotopic (exact) mass is 369 g/mol. The molecule has 2 aromatic heterocycles. The molecular formula is C20H31N7. The normalized spacial score (nSPS) is 19.5. The Labute approximate surface area is 161 Å². The molecular weight excluding hydrogens is 338 g/mol. The van der Waals surface area contributed by atoms with Gasteiger partial charge in [-0.15, -0.1) is 10.2 Å². The first-order valence-corrected chi connectivity index (χ1v) is 10.4. The van der Waals surface area contributed by atoms with Crippen LogP contribution in [-0.2, 0) is 6.42 Å². The maximum absolute atomic E-state index is 4.78. The van der Waals surface area contributed by atoms with Gasteiger partial charge < -0.3 is 15.5 Å². The number of likely N-dealkylation sites (tertiary alicyclic amines) is 1. The average Bonchev–Trinajstić information content (AvgIpc) is 3.47. The zero-order chi connectivity index (χ0) is 18.5. The van der Waals surface area contributed by atoms with Crippen molar-refractivity contribution in [2.45, 2.75) is 57.5 Å². The largest absolute Gasteiger partial charge is 0.357 e. The molecule has 1 saturated heterocycles. The molecule has 1 aliphatic heterocycles. The number of nitrogens with one attached hydrogen (secondary N) is 2. The number of aliphatic imine (C=N–C) groups is 1. The van der Waals surface area contributed by atoms with E-state index < -0.39 is 0 Å². The molecule has 27 heavy (non-hydrogen) atoms. The third kappa shape index (κ3) is 4.77. The minimum atomic E-state index is 0.540. The molecule has 2 aliphatic rings. The number of pyridine rings is 1. The second kappa shape index (κ2) is 8.69. The van der Waals surface area contributed by atoms with Gasteiger partial charge in [-0.05, 0) is 51.2 Å². The molecule has 3 heterocycles. The van der Waals surface area contributed by atoms with E-state index in [2.05, 4.69) is 37.1 Å². The first-order valence-electron chi connectivity index (χ1n) is 10.4. The van der Waals surface area contributed by atoms with Gasteiger partial charge in [0.1, 0.15) is 5.82 Å². The first-order chi connectivity index (χ1) is 13.3. The molecule has 4 rings (SSSR count). The SMILES string of the molecule is CCNC(=NCCCc1nnc2ccccn12)NC1CCN(C2CC2)CC1. The molecule has 0 spiro atoms. The van der Waals surface area contributed by atoms with Crippen molar-refractivity contribution in [2.75, 3.05) is 26.2 Å². The van der Waals surface area contributed by atoms with Gasteiger partial charge in [0.15, 0.2) is 11.6 Å². The Kier molecular flexibility index (Phi) is 5.87. The van der Waals surface area contributed by atoms with Crippen LogP contribution in [0.15, 0.2) is 29.4 Å². The second-order valence-electron chi connectivity index (χ2n) is 7.60.